The fraction of sp³-hybridized carbons (Fsp3) is 0.222. The Morgan fingerprint density at radius 1 is 1.40 bits per heavy atom. The van der Waals surface area contributed by atoms with Gasteiger partial charge in [-0.3, -0.25) is 4.79 Å². The van der Waals surface area contributed by atoms with Gasteiger partial charge in [0, 0.05) is 5.56 Å². The number of hydrogen-bond donors (Lipinski definition) is 2. The van der Waals surface area contributed by atoms with Crippen LogP contribution in [0, 0.1) is 0 Å². The molecule has 15 heavy (non-hydrogen) atoms. The highest BCUT2D eigenvalue weighted by Crippen LogP contribution is 2.15. The molecule has 0 radical (unpaired) electrons. The van der Waals surface area contributed by atoms with Crippen LogP contribution in [0.3, 0.4) is 0 Å². The van der Waals surface area contributed by atoms with Crippen LogP contribution in [0.2, 0.25) is 0 Å². The maximum atomic E-state index is 11.0. The average molecular weight is 228 g/mol. The van der Waals surface area contributed by atoms with Gasteiger partial charge in [-0.1, -0.05) is 13.0 Å². The highest BCUT2D eigenvalue weighted by atomic mass is 32.2. The number of amides is 1. The van der Waals surface area contributed by atoms with E-state index in [2.05, 4.69) is 0 Å². The van der Waals surface area contributed by atoms with Crippen molar-refractivity contribution in [1.29, 1.82) is 0 Å². The molecular formula is C9H12N2O3S. The third-order valence-electron chi connectivity index (χ3n) is 2.06. The Hall–Kier alpha value is -1.40. The summed E-state index contributed by atoms with van der Waals surface area (Å²) in [6.07, 6.45) is 0.600. The van der Waals surface area contributed by atoms with Gasteiger partial charge in [0.2, 0.25) is 15.9 Å². The molecule has 0 atom stereocenters. The zero-order valence-electron chi connectivity index (χ0n) is 8.23. The Balaban J connectivity index is 3.42. The van der Waals surface area contributed by atoms with Crippen LogP contribution in [0.1, 0.15) is 22.8 Å². The summed E-state index contributed by atoms with van der Waals surface area (Å²) in [5.74, 6) is -0.655. The monoisotopic (exact) mass is 228 g/mol. The first-order chi connectivity index (χ1) is 6.86. The van der Waals surface area contributed by atoms with Gasteiger partial charge < -0.3 is 5.73 Å². The molecule has 0 aliphatic rings. The number of carbonyl (C=O) groups is 1. The number of rotatable bonds is 3. The Morgan fingerprint density at radius 2 is 2.00 bits per heavy atom. The SMILES string of the molecule is CCc1ccc(S(N)(=O)=O)cc1C(N)=O. The zero-order valence-corrected chi connectivity index (χ0v) is 9.04. The minimum atomic E-state index is -3.79. The van der Waals surface area contributed by atoms with E-state index in [1.807, 2.05) is 6.92 Å². The molecule has 0 unspecified atom stereocenters. The molecule has 6 heteroatoms. The van der Waals surface area contributed by atoms with Crippen LogP contribution in [-0.2, 0) is 16.4 Å². The van der Waals surface area contributed by atoms with E-state index in [0.29, 0.717) is 12.0 Å². The molecular weight excluding hydrogens is 216 g/mol. The molecule has 0 aromatic heterocycles. The molecule has 0 heterocycles. The van der Waals surface area contributed by atoms with Crippen molar-refractivity contribution >= 4 is 15.9 Å². The highest BCUT2D eigenvalue weighted by Gasteiger charge is 2.13. The van der Waals surface area contributed by atoms with E-state index in [1.54, 1.807) is 6.07 Å². The van der Waals surface area contributed by atoms with E-state index in [0.717, 1.165) is 0 Å². The lowest BCUT2D eigenvalue weighted by atomic mass is 10.1. The van der Waals surface area contributed by atoms with Crippen LogP contribution in [0.25, 0.3) is 0 Å². The predicted molar refractivity (Wildman–Crippen MR) is 55.7 cm³/mol. The van der Waals surface area contributed by atoms with Crippen LogP contribution < -0.4 is 10.9 Å². The minimum absolute atomic E-state index is 0.103. The van der Waals surface area contributed by atoms with E-state index in [-0.39, 0.29) is 10.5 Å². The summed E-state index contributed by atoms with van der Waals surface area (Å²) in [5.41, 5.74) is 6.03. The summed E-state index contributed by atoms with van der Waals surface area (Å²) in [4.78, 5) is 10.9. The quantitative estimate of drug-likeness (QED) is 0.760. The van der Waals surface area contributed by atoms with Gasteiger partial charge in [0.1, 0.15) is 0 Å². The van der Waals surface area contributed by atoms with Crippen LogP contribution in [0.5, 0.6) is 0 Å². The van der Waals surface area contributed by atoms with Crippen molar-refractivity contribution in [3.63, 3.8) is 0 Å². The zero-order chi connectivity index (χ0) is 11.6. The van der Waals surface area contributed by atoms with Crippen molar-refractivity contribution in [3.05, 3.63) is 29.3 Å². The van der Waals surface area contributed by atoms with Gasteiger partial charge in [0.15, 0.2) is 0 Å². The first-order valence-electron chi connectivity index (χ1n) is 4.31. The first kappa shape index (κ1) is 11.7. The van der Waals surface area contributed by atoms with Crippen LogP contribution >= 0.6 is 0 Å². The number of benzene rings is 1. The van der Waals surface area contributed by atoms with Crippen molar-refractivity contribution in [1.82, 2.24) is 0 Å². The second kappa shape index (κ2) is 4.00. The summed E-state index contributed by atoms with van der Waals surface area (Å²) >= 11 is 0. The molecule has 1 amide bonds. The van der Waals surface area contributed by atoms with Crippen molar-refractivity contribution < 1.29 is 13.2 Å². The predicted octanol–water partition coefficient (Wildman–Crippen LogP) is -0.00470. The standard InChI is InChI=1S/C9H12N2O3S/c1-2-6-3-4-7(15(11,13)14)5-8(6)9(10)12/h3-5H,2H2,1H3,(H2,10,12)(H2,11,13,14). The average Bonchev–Trinajstić information content (AvgIpc) is 2.15. The van der Waals surface area contributed by atoms with Gasteiger partial charge >= 0.3 is 0 Å². The Bertz CT molecular complexity index is 494. The molecule has 82 valence electrons. The van der Waals surface area contributed by atoms with E-state index in [4.69, 9.17) is 10.9 Å². The smallest absolute Gasteiger partial charge is 0.249 e. The summed E-state index contributed by atoms with van der Waals surface area (Å²) in [5, 5.41) is 4.94. The van der Waals surface area contributed by atoms with Crippen LogP contribution in [0.15, 0.2) is 23.1 Å². The fourth-order valence-electron chi connectivity index (χ4n) is 1.27. The summed E-state index contributed by atoms with van der Waals surface area (Å²) in [7, 11) is -3.79. The lowest BCUT2D eigenvalue weighted by molar-refractivity contribution is 0.0999. The Morgan fingerprint density at radius 3 is 2.40 bits per heavy atom. The Labute approximate surface area is 88.1 Å². The van der Waals surface area contributed by atoms with Gasteiger partial charge in [-0.15, -0.1) is 0 Å². The molecule has 0 saturated carbocycles. The number of sulfonamides is 1. The summed E-state index contributed by atoms with van der Waals surface area (Å²) < 4.78 is 22.1. The van der Waals surface area contributed by atoms with Gasteiger partial charge in [-0.05, 0) is 24.1 Å². The summed E-state index contributed by atoms with van der Waals surface area (Å²) in [6, 6.07) is 4.11. The molecule has 0 aliphatic carbocycles. The third kappa shape index (κ3) is 2.54. The van der Waals surface area contributed by atoms with E-state index < -0.39 is 15.9 Å². The first-order valence-corrected chi connectivity index (χ1v) is 5.86. The molecule has 1 rings (SSSR count). The van der Waals surface area contributed by atoms with Gasteiger partial charge in [0.25, 0.3) is 0 Å². The van der Waals surface area contributed by atoms with E-state index in [1.165, 1.54) is 12.1 Å². The summed E-state index contributed by atoms with van der Waals surface area (Å²) in [6.45, 7) is 1.85. The second-order valence-corrected chi connectivity index (χ2v) is 4.64. The molecule has 0 spiro atoms. The number of primary amides is 1. The topological polar surface area (TPSA) is 103 Å². The van der Waals surface area contributed by atoms with Crippen LogP contribution in [0.4, 0.5) is 0 Å². The minimum Gasteiger partial charge on any atom is -0.366 e. The van der Waals surface area contributed by atoms with E-state index >= 15 is 0 Å². The van der Waals surface area contributed by atoms with Gasteiger partial charge in [0.05, 0.1) is 4.90 Å². The van der Waals surface area contributed by atoms with E-state index in [9.17, 15) is 13.2 Å². The molecule has 5 nitrogen and oxygen atoms in total. The number of nitrogens with two attached hydrogens (primary N) is 2. The number of primary sulfonamides is 1. The largest absolute Gasteiger partial charge is 0.366 e. The lowest BCUT2D eigenvalue weighted by Gasteiger charge is -2.06. The molecule has 0 bridgehead atoms. The molecule has 4 N–H and O–H groups in total. The highest BCUT2D eigenvalue weighted by molar-refractivity contribution is 7.89. The number of aryl methyl sites for hydroxylation is 1. The Kier molecular flexibility index (Phi) is 3.11. The molecule has 0 aliphatic heterocycles. The fourth-order valence-corrected chi connectivity index (χ4v) is 1.81. The second-order valence-electron chi connectivity index (χ2n) is 3.08. The van der Waals surface area contributed by atoms with Gasteiger partial charge in [-0.25, -0.2) is 13.6 Å². The van der Waals surface area contributed by atoms with Crippen LogP contribution in [-0.4, -0.2) is 14.3 Å². The van der Waals surface area contributed by atoms with Crippen molar-refractivity contribution in [3.8, 4) is 0 Å². The maximum Gasteiger partial charge on any atom is 0.249 e. The van der Waals surface area contributed by atoms with Crippen molar-refractivity contribution in [2.75, 3.05) is 0 Å². The van der Waals surface area contributed by atoms with Gasteiger partial charge in [-0.2, -0.15) is 0 Å². The lowest BCUT2D eigenvalue weighted by Crippen LogP contribution is -2.17. The van der Waals surface area contributed by atoms with Crippen molar-refractivity contribution in [2.24, 2.45) is 10.9 Å². The molecule has 1 aromatic carbocycles. The molecule has 1 aromatic rings. The number of hydrogen-bond acceptors (Lipinski definition) is 3. The molecule has 0 saturated heterocycles. The van der Waals surface area contributed by atoms with Crippen molar-refractivity contribution in [2.45, 2.75) is 18.2 Å². The normalized spacial score (nSPS) is 11.3. The maximum absolute atomic E-state index is 11.0. The third-order valence-corrected chi connectivity index (χ3v) is 2.97. The number of carbonyl (C=O) groups excluding carboxylic acids is 1. The molecule has 0 fully saturated rings.